The number of aliphatic carboxylic acids is 1. The van der Waals surface area contributed by atoms with Gasteiger partial charge in [0.15, 0.2) is 11.6 Å². The SMILES string of the molecule is COc1cc(F)c(OC2CCC(C)(C(=O)O)CC2)cc1C(=O)N[C@@H]1[C@H]2CC[C@H](C2)[C@@H]1C(=O)N[C@@H](C)C(C)(C)C#N. The number of carbonyl (C=O) groups is 3. The average Bonchev–Trinajstić information content (AvgIpc) is 3.52. The zero-order chi connectivity index (χ0) is 29.4. The van der Waals surface area contributed by atoms with Crippen LogP contribution in [0.3, 0.4) is 0 Å². The zero-order valence-electron chi connectivity index (χ0n) is 23.9. The maximum atomic E-state index is 15.0. The molecule has 0 unspecified atom stereocenters. The van der Waals surface area contributed by atoms with Gasteiger partial charge in [-0.2, -0.15) is 5.26 Å². The fourth-order valence-corrected chi connectivity index (χ4v) is 6.40. The Morgan fingerprint density at radius 1 is 1.15 bits per heavy atom. The molecular formula is C30H40FN3O6. The number of halogens is 1. The highest BCUT2D eigenvalue weighted by Gasteiger charge is 2.52. The standard InChI is InChI=1S/C30H40FN3O6/c1-16(29(2,3)15-32)33-27(36)24-17-6-7-18(12-17)25(24)34-26(35)20-13-23(21(31)14-22(20)39-5)40-19-8-10-30(4,11-9-19)28(37)38/h13-14,16-19,24-25H,6-12H2,1-5H3,(H,33,36)(H,34,35)(H,37,38)/t16-,17+,18-,19?,24-,25+,30?/m0/s1. The summed E-state index contributed by atoms with van der Waals surface area (Å²) in [5.74, 6) is -2.35. The van der Waals surface area contributed by atoms with Crippen molar-refractivity contribution >= 4 is 17.8 Å². The molecule has 3 fully saturated rings. The van der Waals surface area contributed by atoms with E-state index in [2.05, 4.69) is 16.7 Å². The molecule has 0 radical (unpaired) electrons. The Balaban J connectivity index is 1.50. The Morgan fingerprint density at radius 2 is 1.80 bits per heavy atom. The smallest absolute Gasteiger partial charge is 0.309 e. The molecule has 3 aliphatic carbocycles. The maximum absolute atomic E-state index is 15.0. The summed E-state index contributed by atoms with van der Waals surface area (Å²) in [6.45, 7) is 7.06. The molecular weight excluding hydrogens is 517 g/mol. The Morgan fingerprint density at radius 3 is 2.40 bits per heavy atom. The number of carboxylic acids is 1. The summed E-state index contributed by atoms with van der Waals surface area (Å²) in [4.78, 5) is 38.5. The van der Waals surface area contributed by atoms with E-state index < -0.39 is 40.5 Å². The van der Waals surface area contributed by atoms with Gasteiger partial charge in [0, 0.05) is 18.2 Å². The Kier molecular flexibility index (Phi) is 8.34. The van der Waals surface area contributed by atoms with Crippen LogP contribution in [-0.2, 0) is 9.59 Å². The third-order valence-electron chi connectivity index (χ3n) is 9.59. The molecule has 0 aliphatic heterocycles. The second-order valence-corrected chi connectivity index (χ2v) is 12.6. The number of hydrogen-bond acceptors (Lipinski definition) is 6. The van der Waals surface area contributed by atoms with Crippen LogP contribution < -0.4 is 20.1 Å². The minimum atomic E-state index is -0.851. The first-order valence-electron chi connectivity index (χ1n) is 14.1. The molecule has 3 N–H and O–H groups in total. The number of hydrogen-bond donors (Lipinski definition) is 3. The fraction of sp³-hybridized carbons (Fsp3) is 0.667. The van der Waals surface area contributed by atoms with Crippen molar-refractivity contribution < 1.29 is 33.4 Å². The molecule has 0 spiro atoms. The number of carbonyl (C=O) groups excluding carboxylic acids is 2. The highest BCUT2D eigenvalue weighted by atomic mass is 19.1. The lowest BCUT2D eigenvalue weighted by molar-refractivity contribution is -0.150. The van der Waals surface area contributed by atoms with Gasteiger partial charge >= 0.3 is 5.97 Å². The molecule has 9 nitrogen and oxygen atoms in total. The third kappa shape index (κ3) is 5.74. The van der Waals surface area contributed by atoms with Crippen LogP contribution in [0.25, 0.3) is 0 Å². The van der Waals surface area contributed by atoms with Crippen LogP contribution in [0, 0.1) is 45.7 Å². The molecule has 5 atom stereocenters. The van der Waals surface area contributed by atoms with Crippen LogP contribution in [0.2, 0.25) is 0 Å². The van der Waals surface area contributed by atoms with Gasteiger partial charge in [-0.05, 0) is 90.5 Å². The highest BCUT2D eigenvalue weighted by molar-refractivity contribution is 5.98. The number of ether oxygens (including phenoxy) is 2. The lowest BCUT2D eigenvalue weighted by Gasteiger charge is -2.34. The zero-order valence-corrected chi connectivity index (χ0v) is 23.9. The number of nitrogens with zero attached hydrogens (tertiary/aromatic N) is 1. The average molecular weight is 558 g/mol. The largest absolute Gasteiger partial charge is 0.496 e. The number of nitrogens with one attached hydrogen (secondary N) is 2. The van der Waals surface area contributed by atoms with Gasteiger partial charge in [0.2, 0.25) is 5.91 Å². The van der Waals surface area contributed by atoms with Crippen molar-refractivity contribution in [3.8, 4) is 17.6 Å². The maximum Gasteiger partial charge on any atom is 0.309 e. The summed E-state index contributed by atoms with van der Waals surface area (Å²) < 4.78 is 26.2. The number of methoxy groups -OCH3 is 1. The summed E-state index contributed by atoms with van der Waals surface area (Å²) in [5, 5.41) is 25.0. The Labute approximate surface area is 234 Å². The summed E-state index contributed by atoms with van der Waals surface area (Å²) in [5.41, 5.74) is -1.46. The van der Waals surface area contributed by atoms with Crippen LogP contribution in [0.4, 0.5) is 4.39 Å². The fourth-order valence-electron chi connectivity index (χ4n) is 6.40. The monoisotopic (exact) mass is 557 g/mol. The first kappa shape index (κ1) is 29.6. The minimum absolute atomic E-state index is 0.0537. The van der Waals surface area contributed by atoms with Gasteiger partial charge in [0.05, 0.1) is 41.6 Å². The van der Waals surface area contributed by atoms with E-state index in [4.69, 9.17) is 9.47 Å². The summed E-state index contributed by atoms with van der Waals surface area (Å²) in [6.07, 6.45) is 4.02. The van der Waals surface area contributed by atoms with E-state index in [-0.39, 0.29) is 47.0 Å². The van der Waals surface area contributed by atoms with Crippen molar-refractivity contribution in [3.63, 3.8) is 0 Å². The normalized spacial score (nSPS) is 30.2. The highest BCUT2D eigenvalue weighted by Crippen LogP contribution is 2.49. The molecule has 218 valence electrons. The Hall–Kier alpha value is -3.35. The van der Waals surface area contributed by atoms with E-state index in [1.54, 1.807) is 27.7 Å². The quantitative estimate of drug-likeness (QED) is 0.408. The number of carboxylic acid groups (broad SMARTS) is 1. The molecule has 1 aromatic rings. The first-order chi connectivity index (χ1) is 18.8. The van der Waals surface area contributed by atoms with Gasteiger partial charge in [0.25, 0.3) is 5.91 Å². The van der Waals surface area contributed by atoms with Gasteiger partial charge in [-0.3, -0.25) is 14.4 Å². The summed E-state index contributed by atoms with van der Waals surface area (Å²) in [6, 6.07) is 3.91. The van der Waals surface area contributed by atoms with E-state index >= 15 is 0 Å². The van der Waals surface area contributed by atoms with E-state index in [0.29, 0.717) is 25.7 Å². The van der Waals surface area contributed by atoms with Crippen molar-refractivity contribution in [2.24, 2.45) is 28.6 Å². The number of fused-ring (bicyclic) bond motifs is 2. The van der Waals surface area contributed by atoms with Gasteiger partial charge in [-0.25, -0.2) is 4.39 Å². The Bertz CT molecular complexity index is 1200. The van der Waals surface area contributed by atoms with E-state index in [1.165, 1.54) is 13.2 Å². The predicted octanol–water partition coefficient (Wildman–Crippen LogP) is 4.45. The molecule has 0 saturated heterocycles. The molecule has 0 aromatic heterocycles. The lowest BCUT2D eigenvalue weighted by Crippen LogP contribution is -2.53. The van der Waals surface area contributed by atoms with E-state index in [1.807, 2.05) is 0 Å². The minimum Gasteiger partial charge on any atom is -0.496 e. The van der Waals surface area contributed by atoms with Crippen molar-refractivity contribution in [1.82, 2.24) is 10.6 Å². The molecule has 2 bridgehead atoms. The first-order valence-corrected chi connectivity index (χ1v) is 14.1. The molecule has 3 saturated carbocycles. The summed E-state index contributed by atoms with van der Waals surface area (Å²) in [7, 11) is 1.35. The van der Waals surface area contributed by atoms with Crippen molar-refractivity contribution in [2.75, 3.05) is 7.11 Å². The molecule has 4 rings (SSSR count). The van der Waals surface area contributed by atoms with E-state index in [0.717, 1.165) is 25.3 Å². The topological polar surface area (TPSA) is 138 Å². The lowest BCUT2D eigenvalue weighted by atomic mass is 9.75. The predicted molar refractivity (Wildman–Crippen MR) is 144 cm³/mol. The van der Waals surface area contributed by atoms with Gasteiger partial charge < -0.3 is 25.2 Å². The van der Waals surface area contributed by atoms with Crippen molar-refractivity contribution in [1.29, 1.82) is 5.26 Å². The second kappa shape index (κ2) is 11.3. The second-order valence-electron chi connectivity index (χ2n) is 12.6. The van der Waals surface area contributed by atoms with Gasteiger partial charge in [-0.15, -0.1) is 0 Å². The third-order valence-corrected chi connectivity index (χ3v) is 9.59. The van der Waals surface area contributed by atoms with Gasteiger partial charge in [0.1, 0.15) is 5.75 Å². The molecule has 1 aromatic carbocycles. The molecule has 2 amide bonds. The van der Waals surface area contributed by atoms with Crippen molar-refractivity contribution in [2.45, 2.75) is 90.8 Å². The van der Waals surface area contributed by atoms with Crippen LogP contribution in [0.1, 0.15) is 83.0 Å². The summed E-state index contributed by atoms with van der Waals surface area (Å²) >= 11 is 0. The van der Waals surface area contributed by atoms with Gasteiger partial charge in [-0.1, -0.05) is 0 Å². The molecule has 40 heavy (non-hydrogen) atoms. The molecule has 3 aliphatic rings. The number of amides is 2. The van der Waals surface area contributed by atoms with E-state index in [9.17, 15) is 29.1 Å². The number of nitriles is 1. The number of benzene rings is 1. The molecule has 10 heteroatoms. The number of rotatable bonds is 9. The van der Waals surface area contributed by atoms with Crippen LogP contribution >= 0.6 is 0 Å². The van der Waals surface area contributed by atoms with Crippen molar-refractivity contribution in [3.05, 3.63) is 23.5 Å². The van der Waals surface area contributed by atoms with Crippen LogP contribution in [-0.4, -0.2) is 48.2 Å². The van der Waals surface area contributed by atoms with Crippen LogP contribution in [0.15, 0.2) is 12.1 Å². The van der Waals surface area contributed by atoms with Crippen LogP contribution in [0.5, 0.6) is 11.5 Å². The molecule has 0 heterocycles.